The Morgan fingerprint density at radius 3 is 2.83 bits per heavy atom. The van der Waals surface area contributed by atoms with Crippen LogP contribution in [0.1, 0.15) is 36.5 Å². The first-order valence-electron chi connectivity index (χ1n) is 9.55. The van der Waals surface area contributed by atoms with E-state index < -0.39 is 6.61 Å². The van der Waals surface area contributed by atoms with Gasteiger partial charge in [-0.05, 0) is 18.9 Å². The number of benzene rings is 1. The summed E-state index contributed by atoms with van der Waals surface area (Å²) in [6.45, 7) is -0.904. The van der Waals surface area contributed by atoms with Crippen LogP contribution in [0.2, 0.25) is 0 Å². The van der Waals surface area contributed by atoms with Crippen LogP contribution in [0.15, 0.2) is 29.3 Å². The quantitative estimate of drug-likeness (QED) is 0.334. The van der Waals surface area contributed by atoms with Crippen LogP contribution in [-0.4, -0.2) is 40.9 Å². The van der Waals surface area contributed by atoms with Gasteiger partial charge in [0.2, 0.25) is 0 Å². The molecule has 0 amide bonds. The van der Waals surface area contributed by atoms with Gasteiger partial charge in [0, 0.05) is 45.1 Å². The molecular weight excluding hydrogens is 493 g/mol. The Hall–Kier alpha value is -1.98. The minimum Gasteiger partial charge on any atom is -0.434 e. The molecule has 29 heavy (non-hydrogen) atoms. The fourth-order valence-electron chi connectivity index (χ4n) is 3.28. The fraction of sp³-hybridized carbons (Fsp3) is 0.526. The summed E-state index contributed by atoms with van der Waals surface area (Å²) in [5, 5.41) is 15.0. The highest BCUT2D eigenvalue weighted by atomic mass is 127. The summed E-state index contributed by atoms with van der Waals surface area (Å²) in [4.78, 5) is 4.18. The van der Waals surface area contributed by atoms with Crippen molar-refractivity contribution in [2.45, 2.75) is 51.8 Å². The second kappa shape index (κ2) is 11.9. The van der Waals surface area contributed by atoms with Crippen molar-refractivity contribution >= 4 is 29.9 Å². The molecule has 3 rings (SSSR count). The SMILES string of the molecule is CN=C(NCCc1nnc2n1CCCCC2)NCc1ccccc1OC(F)F.I. The molecule has 2 N–H and O–H groups in total. The smallest absolute Gasteiger partial charge is 0.387 e. The van der Waals surface area contributed by atoms with Gasteiger partial charge < -0.3 is 19.9 Å². The van der Waals surface area contributed by atoms with Gasteiger partial charge in [-0.2, -0.15) is 8.78 Å². The molecule has 1 aromatic carbocycles. The molecule has 0 saturated heterocycles. The molecule has 0 bridgehead atoms. The Labute approximate surface area is 186 Å². The van der Waals surface area contributed by atoms with Crippen molar-refractivity contribution in [3.8, 4) is 5.75 Å². The Balaban J connectivity index is 0.00000300. The van der Waals surface area contributed by atoms with Crippen LogP contribution in [-0.2, 0) is 25.9 Å². The minimum atomic E-state index is -2.85. The lowest BCUT2D eigenvalue weighted by molar-refractivity contribution is -0.0504. The Morgan fingerprint density at radius 2 is 2.03 bits per heavy atom. The van der Waals surface area contributed by atoms with E-state index in [0.717, 1.165) is 37.5 Å². The largest absolute Gasteiger partial charge is 0.434 e. The van der Waals surface area contributed by atoms with Crippen molar-refractivity contribution in [1.29, 1.82) is 0 Å². The maximum absolute atomic E-state index is 12.5. The summed E-state index contributed by atoms with van der Waals surface area (Å²) in [6.07, 6.45) is 5.29. The van der Waals surface area contributed by atoms with Gasteiger partial charge in [0.05, 0.1) is 0 Å². The topological polar surface area (TPSA) is 76.4 Å². The van der Waals surface area contributed by atoms with Gasteiger partial charge in [0.25, 0.3) is 0 Å². The third-order valence-corrected chi connectivity index (χ3v) is 4.69. The summed E-state index contributed by atoms with van der Waals surface area (Å²) >= 11 is 0. The summed E-state index contributed by atoms with van der Waals surface area (Å²) in [5.74, 6) is 2.80. The van der Waals surface area contributed by atoms with Crippen molar-refractivity contribution < 1.29 is 13.5 Å². The summed E-state index contributed by atoms with van der Waals surface area (Å²) in [6, 6.07) is 6.71. The third-order valence-electron chi connectivity index (χ3n) is 4.69. The van der Waals surface area contributed by atoms with E-state index in [1.165, 1.54) is 18.9 Å². The number of aliphatic imine (C=N–C) groups is 1. The first-order chi connectivity index (χ1) is 13.7. The van der Waals surface area contributed by atoms with Gasteiger partial charge in [-0.1, -0.05) is 24.6 Å². The highest BCUT2D eigenvalue weighted by molar-refractivity contribution is 14.0. The molecule has 10 heteroatoms. The van der Waals surface area contributed by atoms with E-state index in [2.05, 4.69) is 35.1 Å². The van der Waals surface area contributed by atoms with Gasteiger partial charge in [0.15, 0.2) is 5.96 Å². The first-order valence-corrected chi connectivity index (χ1v) is 9.55. The Bertz CT molecular complexity index is 799. The van der Waals surface area contributed by atoms with Gasteiger partial charge in [-0.15, -0.1) is 34.2 Å². The van der Waals surface area contributed by atoms with Crippen molar-refractivity contribution in [2.24, 2.45) is 4.99 Å². The molecular formula is C19H27F2IN6O. The number of ether oxygens (including phenoxy) is 1. The average Bonchev–Trinajstić information content (AvgIpc) is 2.91. The normalized spacial score (nSPS) is 14.0. The van der Waals surface area contributed by atoms with Crippen molar-refractivity contribution in [1.82, 2.24) is 25.4 Å². The minimum absolute atomic E-state index is 0. The van der Waals surface area contributed by atoms with Crippen molar-refractivity contribution in [2.75, 3.05) is 13.6 Å². The summed E-state index contributed by atoms with van der Waals surface area (Å²) in [7, 11) is 1.67. The van der Waals surface area contributed by atoms with Gasteiger partial charge >= 0.3 is 6.61 Å². The van der Waals surface area contributed by atoms with Gasteiger partial charge in [0.1, 0.15) is 17.4 Å². The zero-order valence-electron chi connectivity index (χ0n) is 16.4. The van der Waals surface area contributed by atoms with Crippen LogP contribution in [0.5, 0.6) is 5.75 Å². The van der Waals surface area contributed by atoms with E-state index in [9.17, 15) is 8.78 Å². The van der Waals surface area contributed by atoms with E-state index in [-0.39, 0.29) is 29.7 Å². The molecule has 1 aliphatic heterocycles. The highest BCUT2D eigenvalue weighted by Gasteiger charge is 2.14. The second-order valence-electron chi connectivity index (χ2n) is 6.58. The number of alkyl halides is 2. The number of aromatic nitrogens is 3. The highest BCUT2D eigenvalue weighted by Crippen LogP contribution is 2.20. The average molecular weight is 520 g/mol. The van der Waals surface area contributed by atoms with Crippen LogP contribution in [0, 0.1) is 0 Å². The predicted molar refractivity (Wildman–Crippen MR) is 118 cm³/mol. The number of fused-ring (bicyclic) bond motifs is 1. The van der Waals surface area contributed by atoms with Crippen LogP contribution in [0.4, 0.5) is 8.78 Å². The number of para-hydroxylation sites is 1. The standard InChI is InChI=1S/C19H26F2N6O.HI/c1-22-19(24-13-14-7-4-5-8-15(14)28-18(20)21)23-11-10-17-26-25-16-9-3-2-6-12-27(16)17;/h4-5,7-8,18H,2-3,6,9-13H2,1H3,(H2,22,23,24);1H. The molecule has 0 unspecified atom stereocenters. The van der Waals surface area contributed by atoms with E-state index in [1.807, 2.05) is 0 Å². The number of halogens is 3. The number of aryl methyl sites for hydroxylation is 1. The maximum Gasteiger partial charge on any atom is 0.387 e. The molecule has 0 atom stereocenters. The number of rotatable bonds is 7. The number of nitrogens with zero attached hydrogens (tertiary/aromatic N) is 4. The van der Waals surface area contributed by atoms with E-state index in [0.29, 0.717) is 24.6 Å². The lowest BCUT2D eigenvalue weighted by Crippen LogP contribution is -2.38. The van der Waals surface area contributed by atoms with Gasteiger partial charge in [-0.3, -0.25) is 4.99 Å². The van der Waals surface area contributed by atoms with E-state index in [1.54, 1.807) is 25.2 Å². The van der Waals surface area contributed by atoms with Crippen LogP contribution in [0.3, 0.4) is 0 Å². The number of guanidine groups is 1. The number of hydrogen-bond donors (Lipinski definition) is 2. The molecule has 0 saturated carbocycles. The fourth-order valence-corrected chi connectivity index (χ4v) is 3.28. The van der Waals surface area contributed by atoms with E-state index in [4.69, 9.17) is 0 Å². The predicted octanol–water partition coefficient (Wildman–Crippen LogP) is 3.13. The second-order valence-corrected chi connectivity index (χ2v) is 6.58. The van der Waals surface area contributed by atoms with Crippen LogP contribution < -0.4 is 15.4 Å². The molecule has 0 aliphatic carbocycles. The number of hydrogen-bond acceptors (Lipinski definition) is 4. The zero-order chi connectivity index (χ0) is 19.8. The van der Waals surface area contributed by atoms with E-state index >= 15 is 0 Å². The molecule has 0 fully saturated rings. The summed E-state index contributed by atoms with van der Waals surface area (Å²) < 4.78 is 31.8. The number of nitrogens with one attached hydrogen (secondary N) is 2. The Kier molecular flexibility index (Phi) is 9.55. The molecule has 160 valence electrons. The first kappa shape index (κ1) is 23.3. The molecule has 0 radical (unpaired) electrons. The summed E-state index contributed by atoms with van der Waals surface area (Å²) in [5.41, 5.74) is 0.633. The molecule has 2 heterocycles. The monoisotopic (exact) mass is 520 g/mol. The lowest BCUT2D eigenvalue weighted by atomic mass is 10.2. The lowest BCUT2D eigenvalue weighted by Gasteiger charge is -2.14. The Morgan fingerprint density at radius 1 is 1.21 bits per heavy atom. The molecule has 2 aromatic rings. The van der Waals surface area contributed by atoms with Crippen LogP contribution >= 0.6 is 24.0 Å². The molecule has 7 nitrogen and oxygen atoms in total. The van der Waals surface area contributed by atoms with Crippen LogP contribution in [0.25, 0.3) is 0 Å². The molecule has 0 spiro atoms. The maximum atomic E-state index is 12.5. The molecule has 1 aromatic heterocycles. The third kappa shape index (κ3) is 6.79. The van der Waals surface area contributed by atoms with Crippen molar-refractivity contribution in [3.63, 3.8) is 0 Å². The molecule has 1 aliphatic rings. The van der Waals surface area contributed by atoms with Crippen molar-refractivity contribution in [3.05, 3.63) is 41.5 Å². The van der Waals surface area contributed by atoms with Gasteiger partial charge in [-0.25, -0.2) is 0 Å². The zero-order valence-corrected chi connectivity index (χ0v) is 18.7.